The summed E-state index contributed by atoms with van der Waals surface area (Å²) in [7, 11) is 0. The van der Waals surface area contributed by atoms with E-state index in [0.29, 0.717) is 12.4 Å². The van der Waals surface area contributed by atoms with Gasteiger partial charge in [0.2, 0.25) is 0 Å². The number of nitrogens with zero attached hydrogens (tertiary/aromatic N) is 2. The van der Waals surface area contributed by atoms with Gasteiger partial charge in [-0.1, -0.05) is 5.16 Å². The monoisotopic (exact) mass is 193 g/mol. The van der Waals surface area contributed by atoms with Crippen LogP contribution >= 0.6 is 0 Å². The van der Waals surface area contributed by atoms with Crippen LogP contribution in [0.4, 0.5) is 11.5 Å². The van der Waals surface area contributed by atoms with Crippen molar-refractivity contribution >= 4 is 11.5 Å². The minimum atomic E-state index is 0.392. The molecule has 6 heteroatoms. The molecule has 0 aliphatic rings. The zero-order valence-corrected chi connectivity index (χ0v) is 7.74. The van der Waals surface area contributed by atoms with Gasteiger partial charge in [0.25, 0.3) is 0 Å². The van der Waals surface area contributed by atoms with E-state index >= 15 is 0 Å². The summed E-state index contributed by atoms with van der Waals surface area (Å²) in [5, 5.41) is 13.6. The van der Waals surface area contributed by atoms with Crippen LogP contribution in [0.15, 0.2) is 17.0 Å². The first-order valence-electron chi connectivity index (χ1n) is 4.21. The minimum absolute atomic E-state index is 0.392. The van der Waals surface area contributed by atoms with Gasteiger partial charge in [0.05, 0.1) is 17.6 Å². The number of nitrogens with two attached hydrogens (primary N) is 1. The molecule has 0 bridgehead atoms. The molecule has 0 aliphatic carbocycles. The summed E-state index contributed by atoms with van der Waals surface area (Å²) in [5.41, 5.74) is 8.15. The van der Waals surface area contributed by atoms with Gasteiger partial charge >= 0.3 is 0 Å². The number of anilines is 2. The van der Waals surface area contributed by atoms with E-state index < -0.39 is 0 Å². The van der Waals surface area contributed by atoms with Gasteiger partial charge in [0, 0.05) is 12.1 Å². The topological polar surface area (TPSA) is 92.8 Å². The van der Waals surface area contributed by atoms with E-state index in [1.807, 2.05) is 6.92 Å². The predicted molar refractivity (Wildman–Crippen MR) is 51.0 cm³/mol. The summed E-state index contributed by atoms with van der Waals surface area (Å²) >= 11 is 0. The summed E-state index contributed by atoms with van der Waals surface area (Å²) in [4.78, 5) is 0. The Morgan fingerprint density at radius 1 is 1.64 bits per heavy atom. The highest BCUT2D eigenvalue weighted by Crippen LogP contribution is 2.19. The van der Waals surface area contributed by atoms with E-state index in [1.165, 1.54) is 6.26 Å². The lowest BCUT2D eigenvalue weighted by Crippen LogP contribution is -2.00. The van der Waals surface area contributed by atoms with Gasteiger partial charge in [-0.05, 0) is 6.92 Å². The van der Waals surface area contributed by atoms with Gasteiger partial charge in [-0.15, -0.1) is 0 Å². The van der Waals surface area contributed by atoms with E-state index in [4.69, 9.17) is 10.3 Å². The normalized spacial score (nSPS) is 10.4. The Morgan fingerprint density at radius 2 is 2.50 bits per heavy atom. The van der Waals surface area contributed by atoms with Gasteiger partial charge in [-0.25, -0.2) is 0 Å². The molecule has 0 saturated heterocycles. The van der Waals surface area contributed by atoms with Crippen LogP contribution in [0.2, 0.25) is 0 Å². The van der Waals surface area contributed by atoms with E-state index in [0.717, 1.165) is 16.9 Å². The first kappa shape index (κ1) is 8.76. The fourth-order valence-corrected chi connectivity index (χ4v) is 1.11. The van der Waals surface area contributed by atoms with Crippen LogP contribution in [-0.4, -0.2) is 15.4 Å². The maximum absolute atomic E-state index is 5.50. The molecule has 4 N–H and O–H groups in total. The second-order valence-electron chi connectivity index (χ2n) is 2.93. The Morgan fingerprint density at radius 3 is 3.14 bits per heavy atom. The Bertz CT molecular complexity index is 419. The van der Waals surface area contributed by atoms with E-state index in [2.05, 4.69) is 20.7 Å². The fraction of sp³-hybridized carbons (Fsp3) is 0.250. The zero-order chi connectivity index (χ0) is 9.97. The summed E-state index contributed by atoms with van der Waals surface area (Å²) in [6, 6.07) is 0. The van der Waals surface area contributed by atoms with Crippen molar-refractivity contribution in [1.82, 2.24) is 15.4 Å². The zero-order valence-electron chi connectivity index (χ0n) is 7.74. The molecule has 0 atom stereocenters. The quantitative estimate of drug-likeness (QED) is 0.673. The number of hydrogen-bond donors (Lipinski definition) is 3. The predicted octanol–water partition coefficient (Wildman–Crippen LogP) is 0.908. The number of aromatic amines is 1. The first-order chi connectivity index (χ1) is 6.81. The average Bonchev–Trinajstić information content (AvgIpc) is 2.77. The van der Waals surface area contributed by atoms with Gasteiger partial charge in [0.15, 0.2) is 5.82 Å². The molecule has 2 aromatic heterocycles. The molecule has 74 valence electrons. The maximum Gasteiger partial charge on any atom is 0.178 e. The van der Waals surface area contributed by atoms with Crippen molar-refractivity contribution < 1.29 is 4.52 Å². The van der Waals surface area contributed by atoms with Crippen molar-refractivity contribution in [2.45, 2.75) is 13.5 Å². The second kappa shape index (κ2) is 3.51. The molecule has 14 heavy (non-hydrogen) atoms. The number of rotatable bonds is 3. The Kier molecular flexibility index (Phi) is 2.19. The molecule has 2 aromatic rings. The first-order valence-corrected chi connectivity index (χ1v) is 4.21. The maximum atomic E-state index is 5.50. The van der Waals surface area contributed by atoms with Crippen LogP contribution in [0.1, 0.15) is 11.3 Å². The Hall–Kier alpha value is -1.82. The molecule has 0 saturated carbocycles. The van der Waals surface area contributed by atoms with E-state index in [9.17, 15) is 0 Å². The molecule has 0 unspecified atom stereocenters. The highest BCUT2D eigenvalue weighted by atomic mass is 16.5. The highest BCUT2D eigenvalue weighted by Gasteiger charge is 2.08. The number of hydrogen-bond acceptors (Lipinski definition) is 5. The van der Waals surface area contributed by atoms with Crippen molar-refractivity contribution in [1.29, 1.82) is 0 Å². The van der Waals surface area contributed by atoms with Crippen LogP contribution in [-0.2, 0) is 6.54 Å². The third-order valence-corrected chi connectivity index (χ3v) is 1.95. The molecule has 0 fully saturated rings. The van der Waals surface area contributed by atoms with Crippen LogP contribution < -0.4 is 11.1 Å². The SMILES string of the molecule is Cc1[nH]ncc1Nc1nocc1CN. The molecular formula is C8H11N5O. The summed E-state index contributed by atoms with van der Waals surface area (Å²) in [5.74, 6) is 0.636. The standard InChI is InChI=1S/C8H11N5O/c1-5-7(3-10-12-5)11-8-6(2-9)4-14-13-8/h3-4H,2,9H2,1H3,(H,10,12)(H,11,13). The number of aromatic nitrogens is 3. The Balaban J connectivity index is 2.22. The van der Waals surface area contributed by atoms with Crippen LogP contribution in [0.5, 0.6) is 0 Å². The average molecular weight is 193 g/mol. The lowest BCUT2D eigenvalue weighted by atomic mass is 10.3. The van der Waals surface area contributed by atoms with E-state index in [-0.39, 0.29) is 0 Å². The molecule has 0 aromatic carbocycles. The lowest BCUT2D eigenvalue weighted by molar-refractivity contribution is 0.422. The van der Waals surface area contributed by atoms with Gasteiger partial charge in [-0.2, -0.15) is 5.10 Å². The Labute approximate surface area is 80.5 Å². The highest BCUT2D eigenvalue weighted by molar-refractivity contribution is 5.59. The van der Waals surface area contributed by atoms with Gasteiger partial charge in [0.1, 0.15) is 6.26 Å². The third-order valence-electron chi connectivity index (χ3n) is 1.95. The largest absolute Gasteiger partial charge is 0.362 e. The molecule has 0 spiro atoms. The summed E-state index contributed by atoms with van der Waals surface area (Å²) in [6.45, 7) is 2.31. The van der Waals surface area contributed by atoms with E-state index in [1.54, 1.807) is 6.20 Å². The van der Waals surface area contributed by atoms with Gasteiger partial charge in [-0.3, -0.25) is 5.10 Å². The van der Waals surface area contributed by atoms with Crippen molar-refractivity contribution in [2.24, 2.45) is 5.73 Å². The summed E-state index contributed by atoms with van der Waals surface area (Å²) < 4.78 is 4.80. The molecular weight excluding hydrogens is 182 g/mol. The lowest BCUT2D eigenvalue weighted by Gasteiger charge is -2.01. The van der Waals surface area contributed by atoms with Crippen molar-refractivity contribution in [3.63, 3.8) is 0 Å². The van der Waals surface area contributed by atoms with Crippen LogP contribution in [0, 0.1) is 6.92 Å². The smallest absolute Gasteiger partial charge is 0.178 e. The minimum Gasteiger partial charge on any atom is -0.362 e. The van der Waals surface area contributed by atoms with Crippen LogP contribution in [0.25, 0.3) is 0 Å². The van der Waals surface area contributed by atoms with Crippen LogP contribution in [0.3, 0.4) is 0 Å². The molecule has 0 radical (unpaired) electrons. The number of nitrogens with one attached hydrogen (secondary N) is 2. The number of H-pyrrole nitrogens is 1. The number of aryl methyl sites for hydroxylation is 1. The van der Waals surface area contributed by atoms with Crippen molar-refractivity contribution in [3.8, 4) is 0 Å². The molecule has 2 heterocycles. The second-order valence-corrected chi connectivity index (χ2v) is 2.93. The molecule has 6 nitrogen and oxygen atoms in total. The fourth-order valence-electron chi connectivity index (χ4n) is 1.11. The van der Waals surface area contributed by atoms with Gasteiger partial charge < -0.3 is 15.6 Å². The van der Waals surface area contributed by atoms with Crippen molar-refractivity contribution in [2.75, 3.05) is 5.32 Å². The third kappa shape index (κ3) is 1.47. The molecule has 0 amide bonds. The summed E-state index contributed by atoms with van der Waals surface area (Å²) in [6.07, 6.45) is 3.21. The molecule has 0 aliphatic heterocycles. The van der Waals surface area contributed by atoms with Crippen molar-refractivity contribution in [3.05, 3.63) is 23.7 Å². The molecule has 2 rings (SSSR count).